The minimum absolute atomic E-state index is 0.187. The number of halogens is 2. The van der Waals surface area contributed by atoms with Gasteiger partial charge in [-0.1, -0.05) is 42.5 Å². The van der Waals surface area contributed by atoms with Gasteiger partial charge in [0.2, 0.25) is 5.91 Å². The highest BCUT2D eigenvalue weighted by Crippen LogP contribution is 2.34. The van der Waals surface area contributed by atoms with Gasteiger partial charge in [0.05, 0.1) is 5.92 Å². The molecular weight excluding hydrogens is 398 g/mol. The molecule has 1 fully saturated rings. The second kappa shape index (κ2) is 9.08. The topological polar surface area (TPSA) is 49.4 Å². The molecule has 6 heteroatoms. The summed E-state index contributed by atoms with van der Waals surface area (Å²) in [5, 5.41) is 2.94. The molecule has 1 saturated heterocycles. The number of nitrogens with zero attached hydrogens (tertiary/aromatic N) is 1. The molecule has 0 saturated carbocycles. The first kappa shape index (κ1) is 20.7. The van der Waals surface area contributed by atoms with Crippen LogP contribution in [0.5, 0.6) is 0 Å². The van der Waals surface area contributed by atoms with Gasteiger partial charge in [0.1, 0.15) is 11.6 Å². The zero-order valence-corrected chi connectivity index (χ0v) is 16.8. The van der Waals surface area contributed by atoms with Gasteiger partial charge in [-0.15, -0.1) is 0 Å². The third kappa shape index (κ3) is 4.79. The highest BCUT2D eigenvalue weighted by molar-refractivity contribution is 5.95. The van der Waals surface area contributed by atoms with E-state index in [1.165, 1.54) is 36.4 Å². The number of hydrogen-bond donors (Lipinski definition) is 1. The lowest BCUT2D eigenvalue weighted by molar-refractivity contribution is -0.125. The SMILES string of the molecule is O=C(NCc1ccccc1)[C@@H]1CN(C(=O)c2ccc(F)cc2)C[C@@H]1c1cccc(F)c1. The molecule has 3 aromatic rings. The van der Waals surface area contributed by atoms with Crippen LogP contribution >= 0.6 is 0 Å². The largest absolute Gasteiger partial charge is 0.352 e. The maximum Gasteiger partial charge on any atom is 0.253 e. The molecule has 4 nitrogen and oxygen atoms in total. The molecule has 31 heavy (non-hydrogen) atoms. The molecule has 1 aliphatic heterocycles. The van der Waals surface area contributed by atoms with Crippen LogP contribution in [-0.4, -0.2) is 29.8 Å². The Morgan fingerprint density at radius 1 is 0.871 bits per heavy atom. The number of rotatable bonds is 5. The van der Waals surface area contributed by atoms with Gasteiger partial charge in [0.15, 0.2) is 0 Å². The number of benzene rings is 3. The lowest BCUT2D eigenvalue weighted by Gasteiger charge is -2.18. The minimum Gasteiger partial charge on any atom is -0.352 e. The van der Waals surface area contributed by atoms with Crippen molar-refractivity contribution >= 4 is 11.8 Å². The lowest BCUT2D eigenvalue weighted by Crippen LogP contribution is -2.35. The minimum atomic E-state index is -0.519. The van der Waals surface area contributed by atoms with Gasteiger partial charge in [0.25, 0.3) is 5.91 Å². The fourth-order valence-electron chi connectivity index (χ4n) is 4.00. The molecular formula is C25H22F2N2O2. The average molecular weight is 420 g/mol. The number of amides is 2. The first-order valence-electron chi connectivity index (χ1n) is 10.1. The highest BCUT2D eigenvalue weighted by Gasteiger charge is 2.40. The monoisotopic (exact) mass is 420 g/mol. The Balaban J connectivity index is 1.55. The molecule has 0 spiro atoms. The first-order valence-corrected chi connectivity index (χ1v) is 10.1. The summed E-state index contributed by atoms with van der Waals surface area (Å²) < 4.78 is 27.1. The second-order valence-electron chi connectivity index (χ2n) is 7.69. The Hall–Kier alpha value is -3.54. The number of hydrogen-bond acceptors (Lipinski definition) is 2. The Morgan fingerprint density at radius 3 is 2.32 bits per heavy atom. The third-order valence-electron chi connectivity index (χ3n) is 5.62. The van der Waals surface area contributed by atoms with Gasteiger partial charge in [-0.3, -0.25) is 9.59 Å². The van der Waals surface area contributed by atoms with Crippen molar-refractivity contribution in [3.8, 4) is 0 Å². The van der Waals surface area contributed by atoms with Gasteiger partial charge in [-0.25, -0.2) is 8.78 Å². The van der Waals surface area contributed by atoms with Gasteiger partial charge < -0.3 is 10.2 Å². The highest BCUT2D eigenvalue weighted by atomic mass is 19.1. The van der Waals surface area contributed by atoms with Crippen molar-refractivity contribution in [2.45, 2.75) is 12.5 Å². The van der Waals surface area contributed by atoms with E-state index in [2.05, 4.69) is 5.32 Å². The van der Waals surface area contributed by atoms with Crippen molar-refractivity contribution in [3.63, 3.8) is 0 Å². The average Bonchev–Trinajstić information content (AvgIpc) is 3.24. The molecule has 158 valence electrons. The maximum absolute atomic E-state index is 13.9. The van der Waals surface area contributed by atoms with E-state index in [4.69, 9.17) is 0 Å². The molecule has 3 aromatic carbocycles. The molecule has 0 bridgehead atoms. The Labute approximate surface area is 179 Å². The van der Waals surface area contributed by atoms with E-state index in [0.717, 1.165) is 5.56 Å². The molecule has 1 aliphatic rings. The van der Waals surface area contributed by atoms with Crippen LogP contribution < -0.4 is 5.32 Å². The Bertz CT molecular complexity index is 1070. The van der Waals surface area contributed by atoms with E-state index < -0.39 is 11.7 Å². The predicted molar refractivity (Wildman–Crippen MR) is 113 cm³/mol. The first-order chi connectivity index (χ1) is 15.0. The Morgan fingerprint density at radius 2 is 1.61 bits per heavy atom. The number of nitrogens with one attached hydrogen (secondary N) is 1. The van der Waals surface area contributed by atoms with Crippen LogP contribution in [0.1, 0.15) is 27.4 Å². The summed E-state index contributed by atoms with van der Waals surface area (Å²) in [5.41, 5.74) is 1.99. The molecule has 2 amide bonds. The summed E-state index contributed by atoms with van der Waals surface area (Å²) in [6, 6.07) is 21.0. The second-order valence-corrected chi connectivity index (χ2v) is 7.69. The van der Waals surface area contributed by atoms with Crippen LogP contribution in [0.4, 0.5) is 8.78 Å². The molecule has 4 rings (SSSR count). The quantitative estimate of drug-likeness (QED) is 0.675. The van der Waals surface area contributed by atoms with Crippen LogP contribution in [0.25, 0.3) is 0 Å². The van der Waals surface area contributed by atoms with Gasteiger partial charge >= 0.3 is 0 Å². The fourth-order valence-corrected chi connectivity index (χ4v) is 4.00. The summed E-state index contributed by atoms with van der Waals surface area (Å²) in [6.45, 7) is 0.860. The van der Waals surface area contributed by atoms with Crippen molar-refractivity contribution < 1.29 is 18.4 Å². The summed E-state index contributed by atoms with van der Waals surface area (Å²) in [4.78, 5) is 27.6. The van der Waals surface area contributed by atoms with E-state index in [0.29, 0.717) is 17.7 Å². The zero-order chi connectivity index (χ0) is 21.8. The molecule has 0 aliphatic carbocycles. The van der Waals surface area contributed by atoms with Crippen LogP contribution in [0, 0.1) is 17.6 Å². The molecule has 0 unspecified atom stereocenters. The number of carbonyl (C=O) groups is 2. The summed E-state index contributed by atoms with van der Waals surface area (Å²) in [5.74, 6) is -2.13. The third-order valence-corrected chi connectivity index (χ3v) is 5.62. The van der Waals surface area contributed by atoms with Crippen LogP contribution in [-0.2, 0) is 11.3 Å². The number of carbonyl (C=O) groups excluding carboxylic acids is 2. The van der Waals surface area contributed by atoms with Gasteiger partial charge in [-0.2, -0.15) is 0 Å². The molecule has 1 heterocycles. The molecule has 1 N–H and O–H groups in total. The summed E-state index contributed by atoms with van der Waals surface area (Å²) in [6.07, 6.45) is 0. The fraction of sp³-hybridized carbons (Fsp3) is 0.200. The maximum atomic E-state index is 13.9. The van der Waals surface area contributed by atoms with E-state index in [-0.39, 0.29) is 36.6 Å². The van der Waals surface area contributed by atoms with Gasteiger partial charge in [-0.05, 0) is 47.5 Å². The Kier molecular flexibility index (Phi) is 6.07. The van der Waals surface area contributed by atoms with Gasteiger partial charge in [0, 0.05) is 31.1 Å². The van der Waals surface area contributed by atoms with Crippen LogP contribution in [0.15, 0.2) is 78.9 Å². The van der Waals surface area contributed by atoms with Crippen LogP contribution in [0.3, 0.4) is 0 Å². The lowest BCUT2D eigenvalue weighted by atomic mass is 9.88. The van der Waals surface area contributed by atoms with E-state index in [1.54, 1.807) is 17.0 Å². The van der Waals surface area contributed by atoms with Crippen molar-refractivity contribution in [3.05, 3.63) is 107 Å². The van der Waals surface area contributed by atoms with Crippen molar-refractivity contribution in [1.82, 2.24) is 10.2 Å². The predicted octanol–water partition coefficient (Wildman–Crippen LogP) is 4.14. The number of likely N-dealkylation sites (tertiary alicyclic amines) is 1. The van der Waals surface area contributed by atoms with E-state index in [9.17, 15) is 18.4 Å². The normalized spacial score (nSPS) is 18.1. The van der Waals surface area contributed by atoms with Crippen molar-refractivity contribution in [1.29, 1.82) is 0 Å². The standard InChI is InChI=1S/C25H22F2N2O2/c26-20-11-9-18(10-12-20)25(31)29-15-22(19-7-4-8-21(27)13-19)23(16-29)24(30)28-14-17-5-2-1-3-6-17/h1-13,22-23H,14-16H2,(H,28,30)/t22-,23-/m1/s1. The van der Waals surface area contributed by atoms with E-state index in [1.807, 2.05) is 30.3 Å². The van der Waals surface area contributed by atoms with Crippen molar-refractivity contribution in [2.75, 3.05) is 13.1 Å². The molecule has 0 radical (unpaired) electrons. The summed E-state index contributed by atoms with van der Waals surface area (Å²) >= 11 is 0. The van der Waals surface area contributed by atoms with E-state index >= 15 is 0 Å². The zero-order valence-electron chi connectivity index (χ0n) is 16.8. The van der Waals surface area contributed by atoms with Crippen molar-refractivity contribution in [2.24, 2.45) is 5.92 Å². The summed E-state index contributed by atoms with van der Waals surface area (Å²) in [7, 11) is 0. The molecule has 0 aromatic heterocycles. The smallest absolute Gasteiger partial charge is 0.253 e. The molecule has 2 atom stereocenters. The van der Waals surface area contributed by atoms with Crippen LogP contribution in [0.2, 0.25) is 0 Å².